The van der Waals surface area contributed by atoms with Crippen molar-refractivity contribution in [3.8, 4) is 0 Å². The number of carbonyl (C=O) groups is 2. The molecular formula is C26H29N3O4. The Morgan fingerprint density at radius 1 is 1.15 bits per heavy atom. The van der Waals surface area contributed by atoms with Crippen LogP contribution in [-0.4, -0.2) is 54.4 Å². The van der Waals surface area contributed by atoms with Crippen molar-refractivity contribution in [2.24, 2.45) is 4.99 Å². The van der Waals surface area contributed by atoms with Gasteiger partial charge in [-0.05, 0) is 61.7 Å². The van der Waals surface area contributed by atoms with E-state index in [1.165, 1.54) is 25.5 Å². The van der Waals surface area contributed by atoms with Gasteiger partial charge in [0, 0.05) is 29.6 Å². The molecule has 1 aliphatic heterocycles. The maximum Gasteiger partial charge on any atom is 0.434 e. The van der Waals surface area contributed by atoms with Gasteiger partial charge in [0.15, 0.2) is 0 Å². The second-order valence-corrected chi connectivity index (χ2v) is 8.44. The van der Waals surface area contributed by atoms with Crippen molar-refractivity contribution in [2.75, 3.05) is 20.7 Å². The Morgan fingerprint density at radius 2 is 1.97 bits per heavy atom. The van der Waals surface area contributed by atoms with E-state index in [2.05, 4.69) is 34.2 Å². The Bertz CT molecular complexity index is 1150. The first kappa shape index (κ1) is 22.7. The zero-order valence-corrected chi connectivity index (χ0v) is 19.0. The van der Waals surface area contributed by atoms with Crippen molar-refractivity contribution in [1.29, 1.82) is 0 Å². The van der Waals surface area contributed by atoms with Gasteiger partial charge >= 0.3 is 12.1 Å². The number of esters is 1. The molecule has 2 aromatic carbocycles. The smallest absolute Gasteiger partial charge is 0.434 e. The number of likely N-dealkylation sites (tertiary alicyclic amines) is 1. The van der Waals surface area contributed by atoms with Gasteiger partial charge in [-0.1, -0.05) is 36.4 Å². The molecule has 4 rings (SSSR count). The molecule has 2 heterocycles. The summed E-state index contributed by atoms with van der Waals surface area (Å²) >= 11 is 0. The molecule has 172 valence electrons. The topological polar surface area (TPSA) is 84.0 Å². The lowest BCUT2D eigenvalue weighted by Crippen LogP contribution is -2.26. The molecule has 0 radical (unpaired) electrons. The van der Waals surface area contributed by atoms with Gasteiger partial charge in [-0.15, -0.1) is 0 Å². The molecule has 3 aromatic rings. The second-order valence-electron chi connectivity index (χ2n) is 8.44. The van der Waals surface area contributed by atoms with Crippen LogP contribution in [0.1, 0.15) is 29.5 Å². The fourth-order valence-corrected chi connectivity index (χ4v) is 4.33. The maximum atomic E-state index is 12.3. The van der Waals surface area contributed by atoms with Gasteiger partial charge < -0.3 is 19.4 Å². The van der Waals surface area contributed by atoms with E-state index >= 15 is 0 Å². The summed E-state index contributed by atoms with van der Waals surface area (Å²) in [5, 5.41) is 1.13. The van der Waals surface area contributed by atoms with Gasteiger partial charge in [0.2, 0.25) is 0 Å². The van der Waals surface area contributed by atoms with Crippen LogP contribution in [0.2, 0.25) is 0 Å². The lowest BCUT2D eigenvalue weighted by molar-refractivity contribution is -0.132. The highest BCUT2D eigenvalue weighted by Gasteiger charge is 2.22. The van der Waals surface area contributed by atoms with Crippen LogP contribution in [0, 0.1) is 0 Å². The molecule has 33 heavy (non-hydrogen) atoms. The summed E-state index contributed by atoms with van der Waals surface area (Å²) < 4.78 is 10.1. The monoisotopic (exact) mass is 447 g/mol. The fraction of sp³-hybridized carbons (Fsp3) is 0.346. The highest BCUT2D eigenvalue weighted by Crippen LogP contribution is 2.26. The largest absolute Gasteiger partial charge is 0.465 e. The van der Waals surface area contributed by atoms with Crippen LogP contribution in [0.3, 0.4) is 0 Å². The van der Waals surface area contributed by atoms with Crippen LogP contribution in [0.25, 0.3) is 10.9 Å². The van der Waals surface area contributed by atoms with Crippen molar-refractivity contribution in [3.05, 3.63) is 71.4 Å². The van der Waals surface area contributed by atoms with Crippen LogP contribution in [0.15, 0.2) is 59.7 Å². The number of methoxy groups -OCH3 is 1. The number of ether oxygens (including phenoxy) is 2. The fourth-order valence-electron chi connectivity index (χ4n) is 4.33. The van der Waals surface area contributed by atoms with Gasteiger partial charge in [0.1, 0.15) is 12.3 Å². The van der Waals surface area contributed by atoms with Gasteiger partial charge in [-0.2, -0.15) is 4.99 Å². The third-order valence-corrected chi connectivity index (χ3v) is 6.18. The molecule has 1 N–H and O–H groups in total. The summed E-state index contributed by atoms with van der Waals surface area (Å²) in [6.07, 6.45) is 4.84. The molecule has 1 aliphatic rings. The SMILES string of the molecule is COC(=O)C(Cc1ccc2[nH]cc(C[C@H]3CCCN3C)c2c1)=NC(=O)OCc1ccccc1. The normalized spacial score (nSPS) is 16.8. The van der Waals surface area contributed by atoms with Crippen LogP contribution in [-0.2, 0) is 33.7 Å². The molecule has 1 atom stereocenters. The van der Waals surface area contributed by atoms with Crippen LogP contribution in [0.5, 0.6) is 0 Å². The number of aromatic nitrogens is 1. The summed E-state index contributed by atoms with van der Waals surface area (Å²) in [5.41, 5.74) is 4.04. The quantitative estimate of drug-likeness (QED) is 0.431. The van der Waals surface area contributed by atoms with E-state index in [9.17, 15) is 9.59 Å². The Morgan fingerprint density at radius 3 is 2.70 bits per heavy atom. The van der Waals surface area contributed by atoms with E-state index < -0.39 is 12.1 Å². The predicted molar refractivity (Wildman–Crippen MR) is 127 cm³/mol. The van der Waals surface area contributed by atoms with Crippen LogP contribution < -0.4 is 0 Å². The summed E-state index contributed by atoms with van der Waals surface area (Å²) in [5.74, 6) is -0.645. The number of rotatable bonds is 7. The van der Waals surface area contributed by atoms with Crippen LogP contribution >= 0.6 is 0 Å². The minimum atomic E-state index is -0.813. The average molecular weight is 448 g/mol. The zero-order chi connectivity index (χ0) is 23.2. The van der Waals surface area contributed by atoms with E-state index in [0.717, 1.165) is 35.0 Å². The number of aliphatic imine (C=N–C) groups is 1. The number of fused-ring (bicyclic) bond motifs is 1. The molecule has 0 unspecified atom stereocenters. The molecule has 1 saturated heterocycles. The first-order chi connectivity index (χ1) is 16.0. The molecule has 1 aromatic heterocycles. The number of aromatic amines is 1. The lowest BCUT2D eigenvalue weighted by Gasteiger charge is -2.18. The number of H-pyrrole nitrogens is 1. The van der Waals surface area contributed by atoms with Crippen molar-refractivity contribution in [1.82, 2.24) is 9.88 Å². The minimum absolute atomic E-state index is 0.0162. The standard InChI is InChI=1S/C26H29N3O4/c1-29-12-6-9-21(29)15-20-16-27-23-11-10-19(13-22(20)23)14-24(25(30)32-2)28-26(31)33-17-18-7-4-3-5-8-18/h3-5,7-8,10-11,13,16,21,27H,6,9,12,14-15,17H2,1-2H3/t21-/m1/s1. The molecule has 0 spiro atoms. The summed E-state index contributed by atoms with van der Waals surface area (Å²) in [6.45, 7) is 1.23. The highest BCUT2D eigenvalue weighted by atomic mass is 16.5. The second kappa shape index (κ2) is 10.4. The summed E-state index contributed by atoms with van der Waals surface area (Å²) in [4.78, 5) is 34.2. The number of likely N-dealkylation sites (N-methyl/N-ethyl adjacent to an activating group) is 1. The average Bonchev–Trinajstić information content (AvgIpc) is 3.43. The Labute approximate surface area is 193 Å². The first-order valence-electron chi connectivity index (χ1n) is 11.2. The number of nitrogens with zero attached hydrogens (tertiary/aromatic N) is 2. The molecule has 1 fully saturated rings. The van der Waals surface area contributed by atoms with Crippen molar-refractivity contribution >= 4 is 28.7 Å². The first-order valence-corrected chi connectivity index (χ1v) is 11.2. The molecule has 0 bridgehead atoms. The summed E-state index contributed by atoms with van der Waals surface area (Å²) in [6, 6.07) is 15.8. The van der Waals surface area contributed by atoms with Gasteiger partial charge in [-0.3, -0.25) is 0 Å². The molecule has 1 amide bonds. The Balaban J connectivity index is 1.50. The van der Waals surface area contributed by atoms with Crippen molar-refractivity contribution < 1.29 is 19.1 Å². The summed E-state index contributed by atoms with van der Waals surface area (Å²) in [7, 11) is 3.45. The van der Waals surface area contributed by atoms with E-state index in [0.29, 0.717) is 6.04 Å². The van der Waals surface area contributed by atoms with E-state index in [4.69, 9.17) is 9.47 Å². The molecule has 7 nitrogen and oxygen atoms in total. The molecule has 0 aliphatic carbocycles. The molecular weight excluding hydrogens is 418 g/mol. The zero-order valence-electron chi connectivity index (χ0n) is 19.0. The molecule has 7 heteroatoms. The number of hydrogen-bond acceptors (Lipinski definition) is 5. The van der Waals surface area contributed by atoms with Gasteiger partial charge in [-0.25, -0.2) is 9.59 Å². The number of nitrogens with one attached hydrogen (secondary N) is 1. The Hall–Kier alpha value is -3.45. The van der Waals surface area contributed by atoms with E-state index in [1.54, 1.807) is 0 Å². The van der Waals surface area contributed by atoms with Gasteiger partial charge in [0.05, 0.1) is 7.11 Å². The Kier molecular flexibility index (Phi) is 7.19. The predicted octanol–water partition coefficient (Wildman–Crippen LogP) is 4.30. The number of hydrogen-bond donors (Lipinski definition) is 1. The third kappa shape index (κ3) is 5.68. The van der Waals surface area contributed by atoms with E-state index in [1.807, 2.05) is 42.5 Å². The van der Waals surface area contributed by atoms with Crippen molar-refractivity contribution in [3.63, 3.8) is 0 Å². The van der Waals surface area contributed by atoms with Gasteiger partial charge in [0.25, 0.3) is 0 Å². The number of amides is 1. The van der Waals surface area contributed by atoms with Crippen LogP contribution in [0.4, 0.5) is 4.79 Å². The van der Waals surface area contributed by atoms with E-state index in [-0.39, 0.29) is 18.7 Å². The molecule has 0 saturated carbocycles. The van der Waals surface area contributed by atoms with Crippen molar-refractivity contribution in [2.45, 2.75) is 38.3 Å². The highest BCUT2D eigenvalue weighted by molar-refractivity contribution is 6.38. The lowest BCUT2D eigenvalue weighted by atomic mass is 10.0. The number of benzene rings is 2. The minimum Gasteiger partial charge on any atom is -0.465 e. The number of carbonyl (C=O) groups excluding carboxylic acids is 2. The maximum absolute atomic E-state index is 12.3. The third-order valence-electron chi connectivity index (χ3n) is 6.18.